The molecule has 1 unspecified atom stereocenters. The Hall–Kier alpha value is -1.29. The van der Waals surface area contributed by atoms with E-state index in [9.17, 15) is 9.90 Å². The number of furan rings is 1. The lowest BCUT2D eigenvalue weighted by Gasteiger charge is -2.40. The summed E-state index contributed by atoms with van der Waals surface area (Å²) in [7, 11) is 0. The summed E-state index contributed by atoms with van der Waals surface area (Å²) < 4.78 is 5.61. The van der Waals surface area contributed by atoms with Crippen molar-refractivity contribution < 1.29 is 14.3 Å². The molecular formula is C16H25NO3. The van der Waals surface area contributed by atoms with Crippen molar-refractivity contribution in [1.29, 1.82) is 0 Å². The number of carboxylic acids is 1. The summed E-state index contributed by atoms with van der Waals surface area (Å²) >= 11 is 0. The third kappa shape index (κ3) is 2.62. The first-order valence-corrected chi connectivity index (χ1v) is 7.44. The normalized spacial score (nSPS) is 20.8. The zero-order chi connectivity index (χ0) is 14.9. The molecule has 0 aliphatic carbocycles. The van der Waals surface area contributed by atoms with Crippen molar-refractivity contribution in [3.05, 3.63) is 23.2 Å². The molecule has 1 aromatic rings. The van der Waals surface area contributed by atoms with Crippen LogP contribution in [0.15, 0.2) is 10.5 Å². The fourth-order valence-electron chi connectivity index (χ4n) is 3.32. The van der Waals surface area contributed by atoms with Gasteiger partial charge in [-0.1, -0.05) is 6.92 Å². The standard InChI is InChI=1S/C16H25NO3/c1-5-16(15(18)19)6-8-17(9-7-16)12(3)14-10-11(2)20-13(14)4/h10,12H,5-9H2,1-4H3,(H,18,19). The first-order chi connectivity index (χ1) is 9.39. The summed E-state index contributed by atoms with van der Waals surface area (Å²) in [6.45, 7) is 9.80. The van der Waals surface area contributed by atoms with E-state index in [1.165, 1.54) is 5.56 Å². The molecule has 0 aromatic carbocycles. The zero-order valence-corrected chi connectivity index (χ0v) is 12.9. The number of nitrogens with zero attached hydrogens (tertiary/aromatic N) is 1. The molecule has 4 heteroatoms. The van der Waals surface area contributed by atoms with Crippen molar-refractivity contribution in [1.82, 2.24) is 4.90 Å². The Morgan fingerprint density at radius 2 is 2.05 bits per heavy atom. The second-order valence-electron chi connectivity index (χ2n) is 6.02. The Bertz CT molecular complexity index is 484. The Kier molecular flexibility index (Phi) is 4.23. The number of piperidine rings is 1. The molecule has 1 saturated heterocycles. The topological polar surface area (TPSA) is 53.7 Å². The second kappa shape index (κ2) is 5.60. The zero-order valence-electron chi connectivity index (χ0n) is 12.9. The van der Waals surface area contributed by atoms with Gasteiger partial charge in [-0.15, -0.1) is 0 Å². The van der Waals surface area contributed by atoms with Crippen molar-refractivity contribution in [2.75, 3.05) is 13.1 Å². The SMILES string of the molecule is CCC1(C(=O)O)CCN(C(C)c2cc(C)oc2C)CC1. The van der Waals surface area contributed by atoms with Gasteiger partial charge in [-0.25, -0.2) is 0 Å². The van der Waals surface area contributed by atoms with E-state index in [-0.39, 0.29) is 6.04 Å². The number of rotatable bonds is 4. The highest BCUT2D eigenvalue weighted by Crippen LogP contribution is 2.38. The van der Waals surface area contributed by atoms with Gasteiger partial charge in [-0.3, -0.25) is 9.69 Å². The minimum atomic E-state index is -0.636. The van der Waals surface area contributed by atoms with Gasteiger partial charge in [-0.2, -0.15) is 0 Å². The Morgan fingerprint density at radius 3 is 2.45 bits per heavy atom. The van der Waals surface area contributed by atoms with Gasteiger partial charge in [0.25, 0.3) is 0 Å². The van der Waals surface area contributed by atoms with E-state index in [4.69, 9.17) is 4.42 Å². The van der Waals surface area contributed by atoms with Crippen LogP contribution in [0.2, 0.25) is 0 Å². The molecule has 1 aliphatic heterocycles. The molecule has 0 amide bonds. The molecule has 1 aromatic heterocycles. The van der Waals surface area contributed by atoms with Crippen molar-refractivity contribution in [2.45, 2.75) is 53.0 Å². The molecule has 1 N–H and O–H groups in total. The lowest BCUT2D eigenvalue weighted by Crippen LogP contribution is -2.44. The quantitative estimate of drug-likeness (QED) is 0.916. The first-order valence-electron chi connectivity index (χ1n) is 7.44. The van der Waals surface area contributed by atoms with E-state index in [2.05, 4.69) is 17.9 Å². The molecule has 20 heavy (non-hydrogen) atoms. The van der Waals surface area contributed by atoms with Crippen LogP contribution in [-0.2, 0) is 4.79 Å². The van der Waals surface area contributed by atoms with Crippen molar-refractivity contribution >= 4 is 5.97 Å². The Labute approximate surface area is 120 Å². The highest BCUT2D eigenvalue weighted by atomic mass is 16.4. The van der Waals surface area contributed by atoms with Gasteiger partial charge >= 0.3 is 5.97 Å². The smallest absolute Gasteiger partial charge is 0.309 e. The van der Waals surface area contributed by atoms with Crippen LogP contribution in [0.4, 0.5) is 0 Å². The van der Waals surface area contributed by atoms with E-state index in [1.54, 1.807) is 0 Å². The van der Waals surface area contributed by atoms with Crippen LogP contribution in [0.5, 0.6) is 0 Å². The number of carbonyl (C=O) groups is 1. The third-order valence-corrected chi connectivity index (χ3v) is 4.96. The molecule has 1 atom stereocenters. The maximum atomic E-state index is 11.5. The summed E-state index contributed by atoms with van der Waals surface area (Å²) in [6, 6.07) is 2.38. The summed E-state index contributed by atoms with van der Waals surface area (Å²) in [5, 5.41) is 9.44. The number of hydrogen-bond donors (Lipinski definition) is 1. The molecule has 1 aliphatic rings. The van der Waals surface area contributed by atoms with E-state index in [0.29, 0.717) is 6.42 Å². The van der Waals surface area contributed by atoms with Crippen molar-refractivity contribution in [2.24, 2.45) is 5.41 Å². The average molecular weight is 279 g/mol. The van der Waals surface area contributed by atoms with E-state index < -0.39 is 11.4 Å². The molecule has 112 valence electrons. The van der Waals surface area contributed by atoms with E-state index >= 15 is 0 Å². The fraction of sp³-hybridized carbons (Fsp3) is 0.688. The minimum absolute atomic E-state index is 0.288. The van der Waals surface area contributed by atoms with E-state index in [1.807, 2.05) is 20.8 Å². The van der Waals surface area contributed by atoms with Gasteiger partial charge < -0.3 is 9.52 Å². The van der Waals surface area contributed by atoms with Gasteiger partial charge in [0.2, 0.25) is 0 Å². The van der Waals surface area contributed by atoms with Gasteiger partial charge in [0.15, 0.2) is 0 Å². The maximum Gasteiger partial charge on any atom is 0.309 e. The molecule has 1 fully saturated rings. The molecule has 4 nitrogen and oxygen atoms in total. The molecule has 0 radical (unpaired) electrons. The van der Waals surface area contributed by atoms with E-state index in [0.717, 1.165) is 37.5 Å². The maximum absolute atomic E-state index is 11.5. The summed E-state index contributed by atoms with van der Waals surface area (Å²) in [6.07, 6.45) is 2.19. The minimum Gasteiger partial charge on any atom is -0.481 e. The lowest BCUT2D eigenvalue weighted by molar-refractivity contribution is -0.152. The number of likely N-dealkylation sites (tertiary alicyclic amines) is 1. The fourth-order valence-corrected chi connectivity index (χ4v) is 3.32. The van der Waals surface area contributed by atoms with Crippen LogP contribution in [-0.4, -0.2) is 29.1 Å². The first kappa shape index (κ1) is 15.1. The predicted octanol–water partition coefficient (Wildman–Crippen LogP) is 3.53. The summed E-state index contributed by atoms with van der Waals surface area (Å²) in [5.41, 5.74) is 0.708. The van der Waals surface area contributed by atoms with Crippen LogP contribution in [0, 0.1) is 19.3 Å². The lowest BCUT2D eigenvalue weighted by atomic mass is 9.76. The van der Waals surface area contributed by atoms with Crippen molar-refractivity contribution in [3.63, 3.8) is 0 Å². The summed E-state index contributed by atoms with van der Waals surface area (Å²) in [5.74, 6) is 1.28. The van der Waals surface area contributed by atoms with Gasteiger partial charge in [0.1, 0.15) is 11.5 Å². The van der Waals surface area contributed by atoms with Gasteiger partial charge in [0.05, 0.1) is 5.41 Å². The predicted molar refractivity (Wildman–Crippen MR) is 77.8 cm³/mol. The summed E-state index contributed by atoms with van der Waals surface area (Å²) in [4.78, 5) is 13.8. The molecule has 0 bridgehead atoms. The van der Waals surface area contributed by atoms with Crippen molar-refractivity contribution in [3.8, 4) is 0 Å². The molecule has 0 saturated carbocycles. The van der Waals surface area contributed by atoms with Crippen LogP contribution in [0.1, 0.15) is 56.2 Å². The van der Waals surface area contributed by atoms with Crippen LogP contribution in [0.25, 0.3) is 0 Å². The molecule has 2 heterocycles. The third-order valence-electron chi connectivity index (χ3n) is 4.96. The second-order valence-corrected chi connectivity index (χ2v) is 6.02. The van der Waals surface area contributed by atoms with Gasteiger partial charge in [0, 0.05) is 11.6 Å². The number of aryl methyl sites for hydroxylation is 2. The van der Waals surface area contributed by atoms with Gasteiger partial charge in [-0.05, 0) is 59.2 Å². The Balaban J connectivity index is 2.07. The number of aliphatic carboxylic acids is 1. The largest absolute Gasteiger partial charge is 0.481 e. The van der Waals surface area contributed by atoms with Crippen LogP contribution >= 0.6 is 0 Å². The average Bonchev–Trinajstić information content (AvgIpc) is 2.76. The highest BCUT2D eigenvalue weighted by molar-refractivity contribution is 5.74. The monoisotopic (exact) mass is 279 g/mol. The highest BCUT2D eigenvalue weighted by Gasteiger charge is 2.40. The molecular weight excluding hydrogens is 254 g/mol. The number of hydrogen-bond acceptors (Lipinski definition) is 3. The molecule has 2 rings (SSSR count). The van der Waals surface area contributed by atoms with Crippen LogP contribution < -0.4 is 0 Å². The Morgan fingerprint density at radius 1 is 1.45 bits per heavy atom. The molecule has 0 spiro atoms. The number of carboxylic acid groups (broad SMARTS) is 1. The van der Waals surface area contributed by atoms with Crippen LogP contribution in [0.3, 0.4) is 0 Å².